The third-order valence-electron chi connectivity index (χ3n) is 4.95. The molecule has 0 atom stereocenters. The molecule has 1 aromatic carbocycles. The normalized spacial score (nSPS) is 14.1. The lowest BCUT2D eigenvalue weighted by atomic mass is 10.0. The number of aromatic nitrogens is 2. The van der Waals surface area contributed by atoms with Crippen LogP contribution in [0.25, 0.3) is 6.08 Å². The summed E-state index contributed by atoms with van der Waals surface area (Å²) in [6, 6.07) is 7.73. The van der Waals surface area contributed by atoms with Gasteiger partial charge in [-0.2, -0.15) is 5.10 Å². The number of rotatable bonds is 4. The molecule has 1 fully saturated rings. The first-order valence-electron chi connectivity index (χ1n) is 9.33. The molecule has 1 aliphatic heterocycles. The summed E-state index contributed by atoms with van der Waals surface area (Å²) in [7, 11) is 3.96. The molecule has 0 unspecified atom stereocenters. The van der Waals surface area contributed by atoms with Gasteiger partial charge in [-0.1, -0.05) is 24.3 Å². The fraction of sp³-hybridized carbons (Fsp3) is 0.318. The highest BCUT2D eigenvalue weighted by Crippen LogP contribution is 2.24. The number of likely N-dealkylation sites (N-methyl/N-ethyl adjacent to an activating group) is 1. The molecule has 0 saturated carbocycles. The zero-order valence-electron chi connectivity index (χ0n) is 17.1. The highest BCUT2D eigenvalue weighted by atomic mass is 15.4. The molecular formula is C22H30N6. The molecule has 3 N–H and O–H groups in total. The molecule has 3 rings (SSSR count). The molecule has 0 bridgehead atoms. The van der Waals surface area contributed by atoms with E-state index in [9.17, 15) is 0 Å². The first kappa shape index (κ1) is 19.5. The van der Waals surface area contributed by atoms with Crippen LogP contribution in [0, 0.1) is 5.41 Å². The topological polar surface area (TPSA) is 74.2 Å². The second kappa shape index (κ2) is 7.79. The lowest BCUT2D eigenvalue weighted by molar-refractivity contribution is 0.379. The van der Waals surface area contributed by atoms with Crippen LogP contribution >= 0.6 is 0 Å². The van der Waals surface area contributed by atoms with Crippen molar-refractivity contribution in [2.75, 3.05) is 37.3 Å². The number of aryl methyl sites for hydroxylation is 1. The van der Waals surface area contributed by atoms with Crippen molar-refractivity contribution in [2.45, 2.75) is 13.8 Å². The minimum absolute atomic E-state index is 0. The fourth-order valence-electron chi connectivity index (χ4n) is 3.40. The van der Waals surface area contributed by atoms with E-state index in [-0.39, 0.29) is 1.43 Å². The number of anilines is 2. The molecule has 6 nitrogen and oxygen atoms in total. The van der Waals surface area contributed by atoms with Crippen LogP contribution < -0.4 is 10.6 Å². The molecule has 1 saturated heterocycles. The first-order valence-corrected chi connectivity index (χ1v) is 9.33. The molecule has 2 heterocycles. The Morgan fingerprint density at radius 1 is 1.29 bits per heavy atom. The number of nitrogen functional groups attached to an aromatic ring is 1. The summed E-state index contributed by atoms with van der Waals surface area (Å²) < 4.78 is 1.83. The van der Waals surface area contributed by atoms with Gasteiger partial charge in [0.2, 0.25) is 0 Å². The van der Waals surface area contributed by atoms with Crippen molar-refractivity contribution in [3.63, 3.8) is 0 Å². The fourth-order valence-corrected chi connectivity index (χ4v) is 3.40. The molecule has 148 valence electrons. The molecule has 28 heavy (non-hydrogen) atoms. The lowest BCUT2D eigenvalue weighted by Gasteiger charge is -2.35. The Bertz CT molecular complexity index is 993. The Kier molecular flexibility index (Phi) is 5.43. The monoisotopic (exact) mass is 378 g/mol. The Balaban J connectivity index is 0.00000300. The summed E-state index contributed by atoms with van der Waals surface area (Å²) >= 11 is 0. The zero-order chi connectivity index (χ0) is 20.4. The number of nitrogens with two attached hydrogens (primary N) is 1. The maximum atomic E-state index is 8.69. The predicted octanol–water partition coefficient (Wildman–Crippen LogP) is 3.51. The summed E-state index contributed by atoms with van der Waals surface area (Å²) in [4.78, 5) is 4.40. The van der Waals surface area contributed by atoms with Crippen molar-refractivity contribution in [3.8, 4) is 0 Å². The molecule has 0 spiro atoms. The zero-order valence-corrected chi connectivity index (χ0v) is 17.1. The van der Waals surface area contributed by atoms with Gasteiger partial charge < -0.3 is 15.5 Å². The third kappa shape index (κ3) is 3.87. The van der Waals surface area contributed by atoms with Gasteiger partial charge in [-0.3, -0.25) is 10.1 Å². The van der Waals surface area contributed by atoms with E-state index in [1.807, 2.05) is 49.8 Å². The average molecular weight is 379 g/mol. The van der Waals surface area contributed by atoms with E-state index >= 15 is 0 Å². The summed E-state index contributed by atoms with van der Waals surface area (Å²) in [5, 5.41) is 13.3. The number of hydrogen-bond acceptors (Lipinski definition) is 5. The van der Waals surface area contributed by atoms with Crippen LogP contribution in [0.2, 0.25) is 0 Å². The molecule has 2 aromatic rings. The molecule has 0 radical (unpaired) electrons. The van der Waals surface area contributed by atoms with Gasteiger partial charge in [-0.05, 0) is 31.5 Å². The number of nitrogens with one attached hydrogen (secondary N) is 1. The number of piperazine rings is 1. The van der Waals surface area contributed by atoms with E-state index in [2.05, 4.69) is 40.3 Å². The number of allylic oxidation sites excluding steroid dienone is 1. The number of nitrogens with zero attached hydrogens (tertiary/aromatic N) is 4. The average Bonchev–Trinajstić information content (AvgIpc) is 3.04. The summed E-state index contributed by atoms with van der Waals surface area (Å²) in [6.07, 6.45) is 2.08. The van der Waals surface area contributed by atoms with E-state index in [1.54, 1.807) is 0 Å². The van der Waals surface area contributed by atoms with Crippen LogP contribution in [-0.4, -0.2) is 47.1 Å². The number of hydrogen-bond donors (Lipinski definition) is 2. The first-order chi connectivity index (χ1) is 13.3. The Morgan fingerprint density at radius 3 is 2.71 bits per heavy atom. The smallest absolute Gasteiger partial charge is 0.127 e. The van der Waals surface area contributed by atoms with Crippen molar-refractivity contribution in [2.24, 2.45) is 7.05 Å². The third-order valence-corrected chi connectivity index (χ3v) is 4.95. The minimum Gasteiger partial charge on any atom is -0.398 e. The highest BCUT2D eigenvalue weighted by molar-refractivity contribution is 6.13. The van der Waals surface area contributed by atoms with Gasteiger partial charge in [-0.15, -0.1) is 5.73 Å². The second-order valence-electron chi connectivity index (χ2n) is 7.42. The Morgan fingerprint density at radius 2 is 2.04 bits per heavy atom. The van der Waals surface area contributed by atoms with Crippen LogP contribution in [0.15, 0.2) is 47.8 Å². The minimum atomic E-state index is 0. The van der Waals surface area contributed by atoms with Gasteiger partial charge in [0.25, 0.3) is 0 Å². The van der Waals surface area contributed by atoms with Gasteiger partial charge in [0.15, 0.2) is 0 Å². The number of benzene rings is 1. The van der Waals surface area contributed by atoms with Crippen LogP contribution in [0.5, 0.6) is 0 Å². The maximum absolute atomic E-state index is 8.69. The van der Waals surface area contributed by atoms with Crippen LogP contribution in [0.4, 0.5) is 11.5 Å². The van der Waals surface area contributed by atoms with Crippen molar-refractivity contribution >= 4 is 23.3 Å². The largest absolute Gasteiger partial charge is 0.398 e. The summed E-state index contributed by atoms with van der Waals surface area (Å²) in [5.74, 6) is 0.972. The van der Waals surface area contributed by atoms with E-state index < -0.39 is 0 Å². The van der Waals surface area contributed by atoms with E-state index in [0.717, 1.165) is 36.7 Å². The van der Waals surface area contributed by atoms with E-state index in [4.69, 9.17) is 11.1 Å². The molecule has 0 amide bonds. The molecule has 0 aliphatic carbocycles. The summed E-state index contributed by atoms with van der Waals surface area (Å²) in [6.45, 7) is 10.4. The molecule has 6 heteroatoms. The Hall–Kier alpha value is -3.24. The van der Waals surface area contributed by atoms with Gasteiger partial charge in [0.1, 0.15) is 11.5 Å². The Labute approximate surface area is 168 Å². The van der Waals surface area contributed by atoms with Gasteiger partial charge in [-0.25, -0.2) is 0 Å². The highest BCUT2D eigenvalue weighted by Gasteiger charge is 2.22. The summed E-state index contributed by atoms with van der Waals surface area (Å²) in [5.41, 5.74) is 14.7. The van der Waals surface area contributed by atoms with Crippen molar-refractivity contribution in [1.29, 1.82) is 5.41 Å². The van der Waals surface area contributed by atoms with Gasteiger partial charge >= 0.3 is 0 Å². The van der Waals surface area contributed by atoms with E-state index in [1.165, 1.54) is 5.57 Å². The van der Waals surface area contributed by atoms with E-state index in [0.29, 0.717) is 22.7 Å². The van der Waals surface area contributed by atoms with Gasteiger partial charge in [0, 0.05) is 45.9 Å². The maximum Gasteiger partial charge on any atom is 0.127 e. The predicted molar refractivity (Wildman–Crippen MR) is 119 cm³/mol. The van der Waals surface area contributed by atoms with Crippen molar-refractivity contribution in [1.82, 2.24) is 14.7 Å². The van der Waals surface area contributed by atoms with Crippen molar-refractivity contribution in [3.05, 3.63) is 64.7 Å². The van der Waals surface area contributed by atoms with Crippen LogP contribution in [-0.2, 0) is 7.05 Å². The van der Waals surface area contributed by atoms with Crippen LogP contribution in [0.3, 0.4) is 0 Å². The van der Waals surface area contributed by atoms with Crippen LogP contribution in [0.1, 0.15) is 32.1 Å². The van der Waals surface area contributed by atoms with Gasteiger partial charge in [0.05, 0.1) is 18.0 Å². The molecular weight excluding hydrogens is 348 g/mol. The second-order valence-corrected chi connectivity index (χ2v) is 7.42. The molecule has 1 aromatic heterocycles. The quantitative estimate of drug-likeness (QED) is 0.485. The molecule has 1 aliphatic rings. The van der Waals surface area contributed by atoms with Crippen molar-refractivity contribution < 1.29 is 1.43 Å². The standard InChI is InChI=1S/C22H28N6.H2/c1-6-17-14-28(10-9-26(17)4)21-13-20(25-27(21)5)22(24)18-12-16(11-15(2)3)7-8-19(18)23;/h7-8,11-13,24H,1,9-10,14,23H2,2-5H3;1H. The SMILES string of the molecule is C=C=C1CN(c2cc(C(=N)c3cc(C=C(C)C)ccc3N)nn2C)CCN1C.[HH]. The lowest BCUT2D eigenvalue weighted by Crippen LogP contribution is -2.43.